The van der Waals surface area contributed by atoms with Crippen molar-refractivity contribution in [3.63, 3.8) is 0 Å². The van der Waals surface area contributed by atoms with Crippen molar-refractivity contribution < 1.29 is 14.7 Å². The number of piperazine rings is 1. The third-order valence-electron chi connectivity index (χ3n) is 4.01. The maximum absolute atomic E-state index is 11.9. The summed E-state index contributed by atoms with van der Waals surface area (Å²) in [5.41, 5.74) is 1.09. The molecule has 2 aromatic carbocycles. The highest BCUT2D eigenvalue weighted by molar-refractivity contribution is 5.87. The Hall–Kier alpha value is -2.40. The molecule has 0 saturated carbocycles. The fourth-order valence-corrected chi connectivity index (χ4v) is 2.91. The summed E-state index contributed by atoms with van der Waals surface area (Å²) in [6.07, 6.45) is -0.167. The van der Waals surface area contributed by atoms with Crippen LogP contribution in [-0.4, -0.2) is 41.0 Å². The minimum absolute atomic E-state index is 0.167. The highest BCUT2D eigenvalue weighted by Crippen LogP contribution is 2.19. The first-order valence-electron chi connectivity index (χ1n) is 7.35. The van der Waals surface area contributed by atoms with E-state index in [0.717, 1.165) is 10.9 Å². The molecule has 1 unspecified atom stereocenters. The van der Waals surface area contributed by atoms with Crippen molar-refractivity contribution in [2.24, 2.45) is 0 Å². The quantitative estimate of drug-likeness (QED) is 0.900. The van der Waals surface area contributed by atoms with Crippen LogP contribution in [0, 0.1) is 0 Å². The van der Waals surface area contributed by atoms with Crippen LogP contribution >= 0.6 is 0 Å². The van der Waals surface area contributed by atoms with E-state index in [0.29, 0.717) is 19.6 Å². The summed E-state index contributed by atoms with van der Waals surface area (Å²) in [4.78, 5) is 24.8. The molecule has 0 aromatic heterocycles. The number of hydrogen-bond donors (Lipinski definition) is 2. The number of nitrogens with one attached hydrogen (secondary N) is 1. The molecule has 0 spiro atoms. The number of carbonyl (C=O) groups excluding carboxylic acids is 1. The Bertz CT molecular complexity index is 714. The summed E-state index contributed by atoms with van der Waals surface area (Å²) >= 11 is 0. The van der Waals surface area contributed by atoms with E-state index in [-0.39, 0.29) is 12.3 Å². The molecule has 1 fully saturated rings. The van der Waals surface area contributed by atoms with Gasteiger partial charge in [0, 0.05) is 19.6 Å². The van der Waals surface area contributed by atoms with Gasteiger partial charge in [-0.25, -0.2) is 0 Å². The van der Waals surface area contributed by atoms with Crippen LogP contribution in [0.15, 0.2) is 42.5 Å². The van der Waals surface area contributed by atoms with E-state index in [1.54, 1.807) is 0 Å². The lowest BCUT2D eigenvalue weighted by atomic mass is 10.0. The Kier molecular flexibility index (Phi) is 4.06. The predicted octanol–water partition coefficient (Wildman–Crippen LogP) is 1.61. The van der Waals surface area contributed by atoms with Crippen molar-refractivity contribution in [1.29, 1.82) is 0 Å². The molecule has 1 aliphatic heterocycles. The van der Waals surface area contributed by atoms with Crippen LogP contribution in [0.2, 0.25) is 0 Å². The number of benzene rings is 2. The van der Waals surface area contributed by atoms with Gasteiger partial charge in [0.15, 0.2) is 0 Å². The van der Waals surface area contributed by atoms with Gasteiger partial charge >= 0.3 is 5.97 Å². The van der Waals surface area contributed by atoms with Crippen molar-refractivity contribution in [2.45, 2.75) is 19.0 Å². The number of carboxylic acids is 1. The first-order chi connectivity index (χ1) is 10.6. The topological polar surface area (TPSA) is 69.6 Å². The van der Waals surface area contributed by atoms with E-state index in [9.17, 15) is 9.59 Å². The first-order valence-corrected chi connectivity index (χ1v) is 7.35. The molecule has 1 heterocycles. The van der Waals surface area contributed by atoms with Gasteiger partial charge in [-0.2, -0.15) is 0 Å². The molecule has 1 amide bonds. The molecule has 114 valence electrons. The number of nitrogens with zero attached hydrogens (tertiary/aromatic N) is 1. The Morgan fingerprint density at radius 3 is 2.77 bits per heavy atom. The Balaban J connectivity index is 1.81. The second kappa shape index (κ2) is 6.15. The zero-order chi connectivity index (χ0) is 15.5. The van der Waals surface area contributed by atoms with Crippen LogP contribution in [0.1, 0.15) is 12.0 Å². The van der Waals surface area contributed by atoms with Crippen LogP contribution in [0.25, 0.3) is 10.8 Å². The lowest BCUT2D eigenvalue weighted by Gasteiger charge is -2.34. The van der Waals surface area contributed by atoms with E-state index in [2.05, 4.69) is 29.6 Å². The summed E-state index contributed by atoms with van der Waals surface area (Å²) in [7, 11) is 0. The molecular formula is C17H18N2O3. The molecule has 2 aromatic rings. The molecule has 2 N–H and O–H groups in total. The van der Waals surface area contributed by atoms with Gasteiger partial charge in [-0.15, -0.1) is 0 Å². The van der Waals surface area contributed by atoms with E-state index in [4.69, 9.17) is 5.11 Å². The van der Waals surface area contributed by atoms with Crippen molar-refractivity contribution in [3.05, 3.63) is 48.0 Å². The van der Waals surface area contributed by atoms with Gasteiger partial charge < -0.3 is 10.4 Å². The Labute approximate surface area is 128 Å². The van der Waals surface area contributed by atoms with Gasteiger partial charge in [0.1, 0.15) is 6.04 Å². The van der Waals surface area contributed by atoms with Crippen LogP contribution < -0.4 is 5.32 Å². The number of carboxylic acid groups (broad SMARTS) is 1. The lowest BCUT2D eigenvalue weighted by Crippen LogP contribution is -2.55. The van der Waals surface area contributed by atoms with E-state index in [1.807, 2.05) is 23.1 Å². The van der Waals surface area contributed by atoms with Crippen LogP contribution in [0.5, 0.6) is 0 Å². The summed E-state index contributed by atoms with van der Waals surface area (Å²) in [5.74, 6) is -1.15. The predicted molar refractivity (Wildman–Crippen MR) is 83.4 cm³/mol. The Morgan fingerprint density at radius 2 is 2.00 bits per heavy atom. The molecule has 22 heavy (non-hydrogen) atoms. The second-order valence-electron chi connectivity index (χ2n) is 5.56. The number of fused-ring (bicyclic) bond motifs is 1. The van der Waals surface area contributed by atoms with E-state index >= 15 is 0 Å². The van der Waals surface area contributed by atoms with Crippen LogP contribution in [-0.2, 0) is 16.1 Å². The highest BCUT2D eigenvalue weighted by atomic mass is 16.4. The molecule has 5 nitrogen and oxygen atoms in total. The molecule has 3 rings (SSSR count). The summed E-state index contributed by atoms with van der Waals surface area (Å²) in [6.45, 7) is 1.80. The zero-order valence-corrected chi connectivity index (χ0v) is 12.2. The number of carbonyl (C=O) groups is 2. The second-order valence-corrected chi connectivity index (χ2v) is 5.56. The zero-order valence-electron chi connectivity index (χ0n) is 12.2. The maximum Gasteiger partial charge on any atom is 0.305 e. The van der Waals surface area contributed by atoms with Crippen molar-refractivity contribution in [3.8, 4) is 0 Å². The molecule has 0 radical (unpaired) electrons. The number of hydrogen-bond acceptors (Lipinski definition) is 3. The fraction of sp³-hybridized carbons (Fsp3) is 0.294. The average molecular weight is 298 g/mol. The van der Waals surface area contributed by atoms with Gasteiger partial charge in [-0.05, 0) is 22.4 Å². The molecule has 0 bridgehead atoms. The normalized spacial score (nSPS) is 19.1. The molecule has 5 heteroatoms. The van der Waals surface area contributed by atoms with Gasteiger partial charge in [-0.3, -0.25) is 14.5 Å². The van der Waals surface area contributed by atoms with Gasteiger partial charge in [0.25, 0.3) is 0 Å². The molecule has 1 atom stereocenters. The van der Waals surface area contributed by atoms with E-state index < -0.39 is 12.0 Å². The monoisotopic (exact) mass is 298 g/mol. The minimum atomic E-state index is -0.953. The lowest BCUT2D eigenvalue weighted by molar-refractivity contribution is -0.143. The maximum atomic E-state index is 11.9. The average Bonchev–Trinajstić information content (AvgIpc) is 2.50. The third-order valence-corrected chi connectivity index (χ3v) is 4.01. The number of rotatable bonds is 4. The van der Waals surface area contributed by atoms with Crippen LogP contribution in [0.3, 0.4) is 0 Å². The first kappa shape index (κ1) is 14.5. The highest BCUT2D eigenvalue weighted by Gasteiger charge is 2.31. The summed E-state index contributed by atoms with van der Waals surface area (Å²) in [6, 6.07) is 13.7. The van der Waals surface area contributed by atoms with Gasteiger partial charge in [0.05, 0.1) is 6.42 Å². The minimum Gasteiger partial charge on any atom is -0.481 e. The molecule has 0 aliphatic carbocycles. The number of aliphatic carboxylic acids is 1. The van der Waals surface area contributed by atoms with E-state index in [1.165, 1.54) is 5.39 Å². The van der Waals surface area contributed by atoms with Crippen molar-refractivity contribution >= 4 is 22.6 Å². The smallest absolute Gasteiger partial charge is 0.305 e. The standard InChI is InChI=1S/C17H18N2O3/c20-16(21)10-15-17(22)18-7-8-19(15)11-12-5-6-13-3-1-2-4-14(13)9-12/h1-6,9,15H,7-8,10-11H2,(H,18,22)(H,20,21). The van der Waals surface area contributed by atoms with Crippen molar-refractivity contribution in [2.75, 3.05) is 13.1 Å². The summed E-state index contributed by atoms with van der Waals surface area (Å²) in [5, 5.41) is 14.1. The molecule has 1 saturated heterocycles. The SMILES string of the molecule is O=C(O)CC1C(=O)NCCN1Cc1ccc2ccccc2c1. The molecular weight excluding hydrogens is 280 g/mol. The van der Waals surface area contributed by atoms with Gasteiger partial charge in [-0.1, -0.05) is 36.4 Å². The molecule has 1 aliphatic rings. The van der Waals surface area contributed by atoms with Crippen LogP contribution in [0.4, 0.5) is 0 Å². The van der Waals surface area contributed by atoms with Gasteiger partial charge in [0.2, 0.25) is 5.91 Å². The summed E-state index contributed by atoms with van der Waals surface area (Å²) < 4.78 is 0. The largest absolute Gasteiger partial charge is 0.481 e. The fourth-order valence-electron chi connectivity index (χ4n) is 2.91. The Morgan fingerprint density at radius 1 is 1.23 bits per heavy atom. The van der Waals surface area contributed by atoms with Crippen molar-refractivity contribution in [1.82, 2.24) is 10.2 Å². The number of amides is 1. The third kappa shape index (κ3) is 3.09.